The molecule has 4 fully saturated rings. The predicted octanol–water partition coefficient (Wildman–Crippen LogP) is 1.18. The molecular formula is C20H30O5. The van der Waals surface area contributed by atoms with Gasteiger partial charge in [0.15, 0.2) is 5.78 Å². The monoisotopic (exact) mass is 350 g/mol. The van der Waals surface area contributed by atoms with Crippen LogP contribution in [0.15, 0.2) is 12.2 Å². The maximum Gasteiger partial charge on any atom is 0.173 e. The molecule has 4 saturated carbocycles. The molecule has 0 saturated heterocycles. The molecule has 2 bridgehead atoms. The number of aliphatic hydroxyl groups excluding tert-OH is 2. The highest BCUT2D eigenvalue weighted by molar-refractivity contribution is 5.94. The fourth-order valence-corrected chi connectivity index (χ4v) is 6.91. The van der Waals surface area contributed by atoms with E-state index in [9.17, 15) is 25.2 Å². The van der Waals surface area contributed by atoms with Crippen molar-refractivity contribution in [3.63, 3.8) is 0 Å². The van der Waals surface area contributed by atoms with Gasteiger partial charge in [-0.15, -0.1) is 0 Å². The van der Waals surface area contributed by atoms with Gasteiger partial charge in [-0.05, 0) is 44.9 Å². The molecule has 0 aromatic rings. The summed E-state index contributed by atoms with van der Waals surface area (Å²) >= 11 is 0. The van der Waals surface area contributed by atoms with E-state index in [-0.39, 0.29) is 24.0 Å². The van der Waals surface area contributed by atoms with Gasteiger partial charge in [-0.2, -0.15) is 0 Å². The Balaban J connectivity index is 1.83. The molecule has 4 N–H and O–H groups in total. The Morgan fingerprint density at radius 3 is 2.32 bits per heavy atom. The molecule has 0 heterocycles. The third-order valence-corrected chi connectivity index (χ3v) is 8.26. The Bertz CT molecular complexity index is 652. The first-order chi connectivity index (χ1) is 11.4. The van der Waals surface area contributed by atoms with Crippen molar-refractivity contribution in [2.24, 2.45) is 28.6 Å². The second-order valence-corrected chi connectivity index (χ2v) is 9.98. The first-order valence-corrected chi connectivity index (χ1v) is 9.42. The van der Waals surface area contributed by atoms with E-state index in [1.54, 1.807) is 20.8 Å². The van der Waals surface area contributed by atoms with E-state index in [1.807, 2.05) is 0 Å². The van der Waals surface area contributed by atoms with Crippen LogP contribution in [0, 0.1) is 28.6 Å². The molecule has 140 valence electrons. The third-order valence-electron chi connectivity index (χ3n) is 8.26. The zero-order valence-electron chi connectivity index (χ0n) is 15.3. The quantitative estimate of drug-likeness (QED) is 0.492. The molecule has 0 aromatic heterocycles. The van der Waals surface area contributed by atoms with E-state index in [1.165, 1.54) is 0 Å². The number of hydrogen-bond donors (Lipinski definition) is 4. The lowest BCUT2D eigenvalue weighted by Crippen LogP contribution is -2.67. The lowest BCUT2D eigenvalue weighted by molar-refractivity contribution is -0.194. The van der Waals surface area contributed by atoms with Crippen LogP contribution in [0.25, 0.3) is 0 Å². The summed E-state index contributed by atoms with van der Waals surface area (Å²) in [6.07, 6.45) is 0.799. The Kier molecular flexibility index (Phi) is 3.35. The maximum atomic E-state index is 13.2. The largest absolute Gasteiger partial charge is 0.392 e. The number of Topliss-reactive ketones (excluding diaryl/α,β-unsaturated/α-hetero) is 1. The van der Waals surface area contributed by atoms with Gasteiger partial charge in [0.25, 0.3) is 0 Å². The van der Waals surface area contributed by atoms with Crippen molar-refractivity contribution in [2.75, 3.05) is 0 Å². The predicted molar refractivity (Wildman–Crippen MR) is 91.5 cm³/mol. The maximum absolute atomic E-state index is 13.2. The van der Waals surface area contributed by atoms with Gasteiger partial charge >= 0.3 is 0 Å². The van der Waals surface area contributed by atoms with Crippen molar-refractivity contribution in [1.82, 2.24) is 0 Å². The van der Waals surface area contributed by atoms with Crippen molar-refractivity contribution in [1.29, 1.82) is 0 Å². The van der Waals surface area contributed by atoms with E-state index >= 15 is 0 Å². The standard InChI is InChI=1S/C20H30O5/c1-10-11-5-6-12-15(22)19(11,8-18(12,4)24)9-20(25)13(10)7-14(21)17(2,3)16(20)23/h11-15,21-22,24-25H,1,5-9H2,2-4H3. The summed E-state index contributed by atoms with van der Waals surface area (Å²) in [4.78, 5) is 13.2. The average molecular weight is 350 g/mol. The lowest BCUT2D eigenvalue weighted by Gasteiger charge is -2.60. The minimum atomic E-state index is -1.63. The van der Waals surface area contributed by atoms with Gasteiger partial charge in [-0.3, -0.25) is 4.79 Å². The van der Waals surface area contributed by atoms with Crippen LogP contribution in [-0.2, 0) is 4.79 Å². The average Bonchev–Trinajstić information content (AvgIpc) is 2.61. The summed E-state index contributed by atoms with van der Waals surface area (Å²) in [7, 11) is 0. The van der Waals surface area contributed by atoms with Gasteiger partial charge in [0.2, 0.25) is 0 Å². The molecule has 8 unspecified atom stereocenters. The fraction of sp³-hybridized carbons (Fsp3) is 0.850. The van der Waals surface area contributed by atoms with E-state index in [0.717, 1.165) is 12.0 Å². The van der Waals surface area contributed by atoms with Gasteiger partial charge in [-0.1, -0.05) is 26.0 Å². The number of hydrogen-bond acceptors (Lipinski definition) is 5. The van der Waals surface area contributed by atoms with Crippen LogP contribution < -0.4 is 0 Å². The zero-order chi connectivity index (χ0) is 18.6. The van der Waals surface area contributed by atoms with Crippen molar-refractivity contribution in [3.8, 4) is 0 Å². The lowest BCUT2D eigenvalue weighted by atomic mass is 9.46. The van der Waals surface area contributed by atoms with E-state index < -0.39 is 40.2 Å². The highest BCUT2D eigenvalue weighted by atomic mass is 16.3. The molecule has 1 spiro atoms. The molecule has 5 heteroatoms. The molecular weight excluding hydrogens is 320 g/mol. The van der Waals surface area contributed by atoms with Crippen molar-refractivity contribution in [2.45, 2.75) is 76.3 Å². The molecule has 0 radical (unpaired) electrons. The summed E-state index contributed by atoms with van der Waals surface area (Å²) in [5, 5.41) is 43.9. The Hall–Kier alpha value is -0.750. The molecule has 0 amide bonds. The molecule has 25 heavy (non-hydrogen) atoms. The molecule has 4 aliphatic rings. The van der Waals surface area contributed by atoms with Crippen LogP contribution in [0.4, 0.5) is 0 Å². The van der Waals surface area contributed by atoms with Gasteiger partial charge in [0.1, 0.15) is 5.60 Å². The van der Waals surface area contributed by atoms with E-state index in [4.69, 9.17) is 0 Å². The second kappa shape index (κ2) is 4.75. The molecule has 4 aliphatic carbocycles. The topological polar surface area (TPSA) is 98.0 Å². The minimum absolute atomic E-state index is 0.0285. The number of fused-ring (bicyclic) bond motifs is 2. The fourth-order valence-electron chi connectivity index (χ4n) is 6.91. The van der Waals surface area contributed by atoms with Crippen LogP contribution in [0.3, 0.4) is 0 Å². The smallest absolute Gasteiger partial charge is 0.173 e. The summed E-state index contributed by atoms with van der Waals surface area (Å²) in [5.74, 6) is -1.10. The van der Waals surface area contributed by atoms with Crippen LogP contribution in [0.5, 0.6) is 0 Å². The number of rotatable bonds is 0. The Morgan fingerprint density at radius 2 is 1.68 bits per heavy atom. The highest BCUT2D eigenvalue weighted by Crippen LogP contribution is 2.68. The first-order valence-electron chi connectivity index (χ1n) is 9.42. The normalized spacial score (nSPS) is 57.2. The SMILES string of the molecule is C=C1C2CC(O)C(C)(C)C(=O)C2(O)CC23CC(C)(O)C(CCC12)C3O. The number of carbonyl (C=O) groups excluding carboxylic acids is 1. The van der Waals surface area contributed by atoms with E-state index in [0.29, 0.717) is 19.3 Å². The van der Waals surface area contributed by atoms with Gasteiger partial charge < -0.3 is 20.4 Å². The van der Waals surface area contributed by atoms with E-state index in [2.05, 4.69) is 6.58 Å². The van der Waals surface area contributed by atoms with Crippen molar-refractivity contribution >= 4 is 5.78 Å². The zero-order valence-corrected chi connectivity index (χ0v) is 15.3. The second-order valence-electron chi connectivity index (χ2n) is 9.98. The third kappa shape index (κ3) is 1.90. The Labute approximate surface area is 148 Å². The summed E-state index contributed by atoms with van der Waals surface area (Å²) in [6.45, 7) is 9.32. The van der Waals surface area contributed by atoms with Gasteiger partial charge in [0, 0.05) is 17.3 Å². The number of carbonyl (C=O) groups is 1. The van der Waals surface area contributed by atoms with Gasteiger partial charge in [-0.25, -0.2) is 0 Å². The summed E-state index contributed by atoms with van der Waals surface area (Å²) in [6, 6.07) is 0. The molecule has 5 nitrogen and oxygen atoms in total. The van der Waals surface area contributed by atoms with Crippen LogP contribution >= 0.6 is 0 Å². The molecule has 4 rings (SSSR count). The van der Waals surface area contributed by atoms with Crippen molar-refractivity contribution in [3.05, 3.63) is 12.2 Å². The Morgan fingerprint density at radius 1 is 1.04 bits per heavy atom. The van der Waals surface area contributed by atoms with Crippen LogP contribution in [0.1, 0.15) is 52.9 Å². The molecule has 0 aliphatic heterocycles. The molecule has 8 atom stereocenters. The summed E-state index contributed by atoms with van der Waals surface area (Å²) < 4.78 is 0. The number of aliphatic hydroxyl groups is 4. The minimum Gasteiger partial charge on any atom is -0.392 e. The van der Waals surface area contributed by atoms with Crippen molar-refractivity contribution < 1.29 is 25.2 Å². The van der Waals surface area contributed by atoms with Crippen LogP contribution in [0.2, 0.25) is 0 Å². The highest BCUT2D eigenvalue weighted by Gasteiger charge is 2.72. The van der Waals surface area contributed by atoms with Crippen LogP contribution in [-0.4, -0.2) is 49.6 Å². The first kappa shape index (κ1) is 17.7. The molecule has 0 aromatic carbocycles. The summed E-state index contributed by atoms with van der Waals surface area (Å²) in [5.41, 5.74) is -3.59. The number of ketones is 1. The van der Waals surface area contributed by atoms with Gasteiger partial charge in [0.05, 0.1) is 23.2 Å².